The molecule has 0 aliphatic carbocycles. The zero-order valence-electron chi connectivity index (χ0n) is 18.5. The van der Waals surface area contributed by atoms with E-state index in [9.17, 15) is 4.79 Å². The predicted octanol–water partition coefficient (Wildman–Crippen LogP) is 6.10. The van der Waals surface area contributed by atoms with Crippen molar-refractivity contribution in [2.24, 2.45) is 0 Å². The zero-order chi connectivity index (χ0) is 23.7. The monoisotopic (exact) mass is 472 g/mol. The van der Waals surface area contributed by atoms with Crippen molar-refractivity contribution < 1.29 is 14.1 Å². The first kappa shape index (κ1) is 21.7. The van der Waals surface area contributed by atoms with Gasteiger partial charge < -0.3 is 14.6 Å². The molecule has 8 heteroatoms. The summed E-state index contributed by atoms with van der Waals surface area (Å²) in [5, 5.41) is 7.85. The molecule has 2 heterocycles. The van der Waals surface area contributed by atoms with Crippen LogP contribution in [0.2, 0.25) is 5.02 Å². The van der Waals surface area contributed by atoms with Gasteiger partial charge in [0.15, 0.2) is 0 Å². The maximum Gasteiger partial charge on any atom is 0.326 e. The maximum atomic E-state index is 13.3. The van der Waals surface area contributed by atoms with Crippen LogP contribution in [0.25, 0.3) is 17.0 Å². The molecule has 1 N–H and O–H groups in total. The number of methoxy groups -OCH3 is 1. The fraction of sp³-hybridized carbons (Fsp3) is 0.115. The first-order chi connectivity index (χ1) is 16.5. The van der Waals surface area contributed by atoms with E-state index in [0.717, 1.165) is 11.1 Å². The number of hydrogen-bond acceptors (Lipinski definition) is 5. The lowest BCUT2D eigenvalue weighted by atomic mass is 9.94. The van der Waals surface area contributed by atoms with E-state index in [1.165, 1.54) is 0 Å². The van der Waals surface area contributed by atoms with Crippen LogP contribution in [0.4, 0.5) is 10.5 Å². The quantitative estimate of drug-likeness (QED) is 0.379. The molecule has 170 valence electrons. The second-order valence-electron chi connectivity index (χ2n) is 7.76. The number of allylic oxidation sites excluding steroid dienone is 1. The summed E-state index contributed by atoms with van der Waals surface area (Å²) in [6, 6.07) is 23.5. The number of carbonyl (C=O) groups is 1. The zero-order valence-corrected chi connectivity index (χ0v) is 19.3. The number of ether oxygens (including phenoxy) is 1. The minimum absolute atomic E-state index is 0.255. The van der Waals surface area contributed by atoms with Crippen LogP contribution in [0.5, 0.6) is 5.75 Å². The molecule has 0 spiro atoms. The molecule has 1 aliphatic heterocycles. The number of benzene rings is 3. The van der Waals surface area contributed by atoms with E-state index >= 15 is 0 Å². The van der Waals surface area contributed by atoms with Crippen LogP contribution < -0.4 is 15.0 Å². The average molecular weight is 473 g/mol. The van der Waals surface area contributed by atoms with Crippen molar-refractivity contribution >= 4 is 28.9 Å². The van der Waals surface area contributed by atoms with Gasteiger partial charge in [-0.05, 0) is 48.9 Å². The van der Waals surface area contributed by atoms with Gasteiger partial charge in [0.1, 0.15) is 5.75 Å². The van der Waals surface area contributed by atoms with Crippen molar-refractivity contribution in [3.05, 3.63) is 101 Å². The Bertz CT molecular complexity index is 1370. The molecule has 1 aliphatic rings. The van der Waals surface area contributed by atoms with Gasteiger partial charge in [-0.15, -0.1) is 0 Å². The Morgan fingerprint density at radius 2 is 1.79 bits per heavy atom. The van der Waals surface area contributed by atoms with Gasteiger partial charge >= 0.3 is 6.03 Å². The number of aromatic nitrogens is 2. The van der Waals surface area contributed by atoms with Crippen LogP contribution in [-0.4, -0.2) is 23.3 Å². The summed E-state index contributed by atoms with van der Waals surface area (Å²) in [4.78, 5) is 19.5. The average Bonchev–Trinajstić information content (AvgIpc) is 3.34. The van der Waals surface area contributed by atoms with Crippen LogP contribution in [0, 0.1) is 0 Å². The summed E-state index contributed by atoms with van der Waals surface area (Å²) in [6.45, 7) is 1.87. The van der Waals surface area contributed by atoms with E-state index in [0.29, 0.717) is 39.4 Å². The summed E-state index contributed by atoms with van der Waals surface area (Å²) in [6.07, 6.45) is 0. The fourth-order valence-electron chi connectivity index (χ4n) is 4.04. The number of nitrogens with one attached hydrogen (secondary N) is 1. The second-order valence-corrected chi connectivity index (χ2v) is 8.20. The molecule has 1 unspecified atom stereocenters. The SMILES string of the molecule is COc1ccc(N2C(=O)NC(c3ccccc3)C(c3nc(-c4cccc(Cl)c4)no3)=C2C)cc1. The largest absolute Gasteiger partial charge is 0.497 e. The molecule has 0 fully saturated rings. The lowest BCUT2D eigenvalue weighted by Gasteiger charge is -2.35. The third kappa shape index (κ3) is 4.02. The number of nitrogens with zero attached hydrogens (tertiary/aromatic N) is 3. The van der Waals surface area contributed by atoms with E-state index in [1.807, 2.05) is 73.7 Å². The molecule has 0 saturated heterocycles. The summed E-state index contributed by atoms with van der Waals surface area (Å²) < 4.78 is 11.0. The standard InChI is InChI=1S/C26H21ClN4O3/c1-16-22(25-29-24(30-34-25)18-9-6-10-19(27)15-18)23(17-7-4-3-5-8-17)28-26(32)31(16)20-11-13-21(33-2)14-12-20/h3-15,23H,1-2H3,(H,28,32). The highest BCUT2D eigenvalue weighted by Gasteiger charge is 2.36. The second kappa shape index (κ2) is 9.03. The first-order valence-corrected chi connectivity index (χ1v) is 11.0. The van der Waals surface area contributed by atoms with Crippen LogP contribution in [-0.2, 0) is 0 Å². The number of rotatable bonds is 5. The third-order valence-electron chi connectivity index (χ3n) is 5.69. The number of amides is 2. The maximum absolute atomic E-state index is 13.3. The van der Waals surface area contributed by atoms with Gasteiger partial charge in [-0.3, -0.25) is 4.90 Å². The number of carbonyl (C=O) groups excluding carboxylic acids is 1. The van der Waals surface area contributed by atoms with E-state index in [-0.39, 0.29) is 6.03 Å². The first-order valence-electron chi connectivity index (χ1n) is 10.7. The molecular weight excluding hydrogens is 452 g/mol. The molecule has 1 aromatic heterocycles. The Kier molecular flexibility index (Phi) is 5.77. The van der Waals surface area contributed by atoms with Gasteiger partial charge in [-0.25, -0.2) is 4.79 Å². The molecule has 0 bridgehead atoms. The topological polar surface area (TPSA) is 80.5 Å². The molecule has 2 amide bonds. The Labute approximate surface area is 201 Å². The molecular formula is C26H21ClN4O3. The summed E-state index contributed by atoms with van der Waals surface area (Å²) in [7, 11) is 1.60. The van der Waals surface area contributed by atoms with Gasteiger partial charge in [0.25, 0.3) is 5.89 Å². The Balaban J connectivity index is 1.64. The summed E-state index contributed by atoms with van der Waals surface area (Å²) in [5.41, 5.74) is 3.73. The normalized spacial score (nSPS) is 15.9. The Hall–Kier alpha value is -4.10. The van der Waals surface area contributed by atoms with Crippen LogP contribution in [0.1, 0.15) is 24.4 Å². The Morgan fingerprint density at radius 1 is 1.03 bits per heavy atom. The molecule has 3 aromatic carbocycles. The molecule has 5 rings (SSSR count). The van der Waals surface area contributed by atoms with E-state index in [2.05, 4.69) is 15.5 Å². The summed E-state index contributed by atoms with van der Waals surface area (Å²) in [5.74, 6) is 1.44. The van der Waals surface area contributed by atoms with E-state index < -0.39 is 6.04 Å². The van der Waals surface area contributed by atoms with Crippen LogP contribution >= 0.6 is 11.6 Å². The predicted molar refractivity (Wildman–Crippen MR) is 131 cm³/mol. The minimum Gasteiger partial charge on any atom is -0.497 e. The van der Waals surface area contributed by atoms with Crippen molar-refractivity contribution in [3.63, 3.8) is 0 Å². The van der Waals surface area contributed by atoms with Gasteiger partial charge in [0, 0.05) is 16.3 Å². The molecule has 4 aromatic rings. The Morgan fingerprint density at radius 3 is 2.50 bits per heavy atom. The van der Waals surface area contributed by atoms with E-state index in [1.54, 1.807) is 24.1 Å². The molecule has 34 heavy (non-hydrogen) atoms. The van der Waals surface area contributed by atoms with Crippen LogP contribution in [0.3, 0.4) is 0 Å². The fourth-order valence-corrected chi connectivity index (χ4v) is 4.23. The number of anilines is 1. The lowest BCUT2D eigenvalue weighted by molar-refractivity contribution is 0.244. The number of halogens is 1. The van der Waals surface area contributed by atoms with Crippen molar-refractivity contribution in [3.8, 4) is 17.1 Å². The highest BCUT2D eigenvalue weighted by Crippen LogP contribution is 2.39. The molecule has 1 atom stereocenters. The number of hydrogen-bond donors (Lipinski definition) is 1. The highest BCUT2D eigenvalue weighted by molar-refractivity contribution is 6.30. The molecule has 7 nitrogen and oxygen atoms in total. The third-order valence-corrected chi connectivity index (χ3v) is 5.92. The van der Waals surface area contributed by atoms with Gasteiger partial charge in [0.05, 0.1) is 24.4 Å². The van der Waals surface area contributed by atoms with Crippen molar-refractivity contribution in [2.45, 2.75) is 13.0 Å². The lowest BCUT2D eigenvalue weighted by Crippen LogP contribution is -2.46. The highest BCUT2D eigenvalue weighted by atomic mass is 35.5. The summed E-state index contributed by atoms with van der Waals surface area (Å²) >= 11 is 6.14. The van der Waals surface area contributed by atoms with Crippen LogP contribution in [0.15, 0.2) is 89.1 Å². The van der Waals surface area contributed by atoms with Crippen molar-refractivity contribution in [2.75, 3.05) is 12.0 Å². The minimum atomic E-state index is -0.462. The van der Waals surface area contributed by atoms with Crippen molar-refractivity contribution in [1.82, 2.24) is 15.5 Å². The van der Waals surface area contributed by atoms with Gasteiger partial charge in [-0.2, -0.15) is 4.98 Å². The smallest absolute Gasteiger partial charge is 0.326 e. The molecule has 0 saturated carbocycles. The number of urea groups is 1. The van der Waals surface area contributed by atoms with E-state index in [4.69, 9.17) is 20.9 Å². The molecule has 0 radical (unpaired) electrons. The van der Waals surface area contributed by atoms with Gasteiger partial charge in [-0.1, -0.05) is 59.2 Å². The van der Waals surface area contributed by atoms with Gasteiger partial charge in [0.2, 0.25) is 5.82 Å². The van der Waals surface area contributed by atoms with Crippen molar-refractivity contribution in [1.29, 1.82) is 0 Å².